The highest BCUT2D eigenvalue weighted by Gasteiger charge is 2.51. The fraction of sp³-hybridized carbons (Fsp3) is 0.182. The molecule has 3 aromatic rings. The highest BCUT2D eigenvalue weighted by atomic mass is 16.2. The quantitative estimate of drug-likeness (QED) is 0.703. The predicted octanol–water partition coefficient (Wildman–Crippen LogP) is 2.74. The van der Waals surface area contributed by atoms with Crippen LogP contribution in [0, 0.1) is 5.92 Å². The highest BCUT2D eigenvalue weighted by molar-refractivity contribution is 6.12. The van der Waals surface area contributed by atoms with Crippen LogP contribution in [0.5, 0.6) is 0 Å². The second-order valence-electron chi connectivity index (χ2n) is 7.23. The Morgan fingerprint density at radius 3 is 2.71 bits per heavy atom. The van der Waals surface area contributed by atoms with E-state index in [4.69, 9.17) is 0 Å². The van der Waals surface area contributed by atoms with Crippen LogP contribution in [0.1, 0.15) is 27.4 Å². The zero-order chi connectivity index (χ0) is 19.4. The molecule has 2 unspecified atom stereocenters. The molecule has 0 bridgehead atoms. The van der Waals surface area contributed by atoms with Gasteiger partial charge in [0.15, 0.2) is 0 Å². The van der Waals surface area contributed by atoms with Gasteiger partial charge in [0.2, 0.25) is 11.8 Å². The van der Waals surface area contributed by atoms with Crippen LogP contribution in [-0.4, -0.2) is 34.7 Å². The van der Waals surface area contributed by atoms with Crippen molar-refractivity contribution in [2.24, 2.45) is 5.92 Å². The number of hydrogen-bond donors (Lipinski definition) is 1. The number of benzene rings is 2. The van der Waals surface area contributed by atoms with Crippen LogP contribution >= 0.6 is 0 Å². The summed E-state index contributed by atoms with van der Waals surface area (Å²) in [6.07, 6.45) is 2.10. The molecule has 1 N–H and O–H groups in total. The van der Waals surface area contributed by atoms with Gasteiger partial charge in [-0.3, -0.25) is 24.3 Å². The summed E-state index contributed by atoms with van der Waals surface area (Å²) in [5, 5.41) is 3.88. The van der Waals surface area contributed by atoms with E-state index < -0.39 is 11.8 Å². The number of carbonyl (C=O) groups is 3. The fourth-order valence-corrected chi connectivity index (χ4v) is 4.39. The Balaban J connectivity index is 1.52. The van der Waals surface area contributed by atoms with Crippen LogP contribution in [0.4, 0.5) is 5.69 Å². The number of likely N-dealkylation sites (tertiary alicyclic amines) is 1. The molecule has 3 amide bonds. The van der Waals surface area contributed by atoms with E-state index in [1.165, 1.54) is 11.9 Å². The average Bonchev–Trinajstić information content (AvgIpc) is 3.20. The summed E-state index contributed by atoms with van der Waals surface area (Å²) in [4.78, 5) is 43.5. The largest absolute Gasteiger partial charge is 0.320 e. The molecule has 2 heterocycles. The van der Waals surface area contributed by atoms with Crippen molar-refractivity contribution in [3.8, 4) is 0 Å². The summed E-state index contributed by atoms with van der Waals surface area (Å²) in [5.74, 6) is -1.50. The third-order valence-corrected chi connectivity index (χ3v) is 5.74. The second kappa shape index (κ2) is 5.99. The van der Waals surface area contributed by atoms with Gasteiger partial charge in [-0.05, 0) is 35.7 Å². The maximum Gasteiger partial charge on any atom is 0.256 e. The van der Waals surface area contributed by atoms with Gasteiger partial charge in [0.05, 0.1) is 23.0 Å². The molecule has 6 nitrogen and oxygen atoms in total. The molecule has 0 saturated carbocycles. The number of nitrogens with zero attached hydrogens (tertiary/aromatic N) is 2. The number of nitrogens with one attached hydrogen (secondary N) is 1. The molecule has 28 heavy (non-hydrogen) atoms. The third kappa shape index (κ3) is 2.27. The van der Waals surface area contributed by atoms with Gasteiger partial charge in [-0.25, -0.2) is 0 Å². The van der Waals surface area contributed by atoms with Crippen molar-refractivity contribution in [3.63, 3.8) is 0 Å². The number of anilines is 1. The van der Waals surface area contributed by atoms with Crippen LogP contribution in [0.3, 0.4) is 0 Å². The average molecular weight is 371 g/mol. The molecule has 1 saturated heterocycles. The van der Waals surface area contributed by atoms with Crippen molar-refractivity contribution in [3.05, 3.63) is 71.4 Å². The number of aromatic nitrogens is 1. The number of fused-ring (bicyclic) bond motifs is 4. The first-order valence-corrected chi connectivity index (χ1v) is 9.14. The minimum atomic E-state index is -0.473. The normalized spacial score (nSPS) is 20.4. The number of pyridine rings is 1. The van der Waals surface area contributed by atoms with Crippen molar-refractivity contribution < 1.29 is 14.4 Å². The molecular weight excluding hydrogens is 354 g/mol. The second-order valence-corrected chi connectivity index (χ2v) is 7.23. The fourth-order valence-electron chi connectivity index (χ4n) is 4.39. The molecule has 1 fully saturated rings. The van der Waals surface area contributed by atoms with Gasteiger partial charge in [0.25, 0.3) is 5.91 Å². The summed E-state index contributed by atoms with van der Waals surface area (Å²) in [6, 6.07) is 14.8. The van der Waals surface area contributed by atoms with Crippen LogP contribution in [-0.2, 0) is 16.0 Å². The molecule has 6 heteroatoms. The van der Waals surface area contributed by atoms with E-state index in [1.54, 1.807) is 18.3 Å². The Morgan fingerprint density at radius 2 is 1.86 bits per heavy atom. The van der Waals surface area contributed by atoms with Gasteiger partial charge in [0.1, 0.15) is 0 Å². The lowest BCUT2D eigenvalue weighted by atomic mass is 9.95. The summed E-state index contributed by atoms with van der Waals surface area (Å²) in [5.41, 5.74) is 3.43. The predicted molar refractivity (Wildman–Crippen MR) is 104 cm³/mol. The molecule has 2 atom stereocenters. The van der Waals surface area contributed by atoms with E-state index >= 15 is 0 Å². The number of hydrogen-bond acceptors (Lipinski definition) is 4. The Morgan fingerprint density at radius 1 is 1.07 bits per heavy atom. The minimum Gasteiger partial charge on any atom is -0.320 e. The van der Waals surface area contributed by atoms with Gasteiger partial charge < -0.3 is 5.32 Å². The van der Waals surface area contributed by atoms with Gasteiger partial charge in [-0.2, -0.15) is 0 Å². The standard InChI is InChI=1S/C22H17N3O3/c1-25-21(27)16-11-15-13(18(16)22(25)28)7-3-8-14(15)20(26)24-17-9-2-5-12-6-4-10-23-19(12)17/h2-10,16,18H,11H2,1H3,(H,24,26). The molecule has 5 rings (SSSR count). The SMILES string of the molecule is CN1C(=O)C2Cc3c(C(=O)Nc4cccc5cccnc45)cccc3C2C1=O. The van der Waals surface area contributed by atoms with Crippen molar-refractivity contribution in [2.45, 2.75) is 12.3 Å². The number of carbonyl (C=O) groups excluding carboxylic acids is 3. The molecule has 2 aliphatic rings. The van der Waals surface area contributed by atoms with Crippen LogP contribution < -0.4 is 5.32 Å². The Kier molecular flexibility index (Phi) is 3.55. The van der Waals surface area contributed by atoms with Crippen molar-refractivity contribution >= 4 is 34.3 Å². The first-order chi connectivity index (χ1) is 13.6. The van der Waals surface area contributed by atoms with E-state index in [-0.39, 0.29) is 17.7 Å². The Hall–Kier alpha value is -3.54. The van der Waals surface area contributed by atoms with Gasteiger partial charge in [-0.1, -0.05) is 30.3 Å². The number of imide groups is 1. The minimum absolute atomic E-state index is 0.171. The van der Waals surface area contributed by atoms with Crippen molar-refractivity contribution in [1.29, 1.82) is 0 Å². The number of amides is 3. The summed E-state index contributed by atoms with van der Waals surface area (Å²) >= 11 is 0. The van der Waals surface area contributed by atoms with E-state index in [0.717, 1.165) is 22.0 Å². The molecule has 0 spiro atoms. The van der Waals surface area contributed by atoms with Crippen LogP contribution in [0.15, 0.2) is 54.7 Å². The molecule has 1 aliphatic heterocycles. The van der Waals surface area contributed by atoms with Crippen LogP contribution in [0.2, 0.25) is 0 Å². The van der Waals surface area contributed by atoms with E-state index in [1.807, 2.05) is 36.4 Å². The van der Waals surface area contributed by atoms with Crippen molar-refractivity contribution in [2.75, 3.05) is 12.4 Å². The molecular formula is C22H17N3O3. The zero-order valence-corrected chi connectivity index (χ0v) is 15.2. The molecule has 2 aromatic carbocycles. The topological polar surface area (TPSA) is 79.4 Å². The number of rotatable bonds is 2. The smallest absolute Gasteiger partial charge is 0.256 e. The van der Waals surface area contributed by atoms with Gasteiger partial charge in [-0.15, -0.1) is 0 Å². The van der Waals surface area contributed by atoms with E-state index in [9.17, 15) is 14.4 Å². The lowest BCUT2D eigenvalue weighted by Crippen LogP contribution is -2.27. The van der Waals surface area contributed by atoms with Gasteiger partial charge in [0, 0.05) is 24.2 Å². The number of likely N-dealkylation sites (N-methyl/N-ethyl adjacent to an activating group) is 1. The van der Waals surface area contributed by atoms with E-state index in [0.29, 0.717) is 17.7 Å². The molecule has 1 aromatic heterocycles. The maximum atomic E-state index is 13.0. The monoisotopic (exact) mass is 371 g/mol. The Labute approximate surface area is 161 Å². The zero-order valence-electron chi connectivity index (χ0n) is 15.2. The first-order valence-electron chi connectivity index (χ1n) is 9.14. The van der Waals surface area contributed by atoms with Gasteiger partial charge >= 0.3 is 0 Å². The summed E-state index contributed by atoms with van der Waals surface area (Å²) < 4.78 is 0. The first kappa shape index (κ1) is 16.6. The maximum absolute atomic E-state index is 13.0. The summed E-state index contributed by atoms with van der Waals surface area (Å²) in [6.45, 7) is 0. The number of para-hydroxylation sites is 1. The lowest BCUT2D eigenvalue weighted by Gasteiger charge is -2.14. The Bertz CT molecular complexity index is 1170. The molecule has 0 radical (unpaired) electrons. The van der Waals surface area contributed by atoms with Crippen LogP contribution in [0.25, 0.3) is 10.9 Å². The molecule has 1 aliphatic carbocycles. The van der Waals surface area contributed by atoms with E-state index in [2.05, 4.69) is 10.3 Å². The summed E-state index contributed by atoms with van der Waals surface area (Å²) in [7, 11) is 1.52. The molecule has 138 valence electrons. The van der Waals surface area contributed by atoms with Crippen molar-refractivity contribution in [1.82, 2.24) is 9.88 Å². The highest BCUT2D eigenvalue weighted by Crippen LogP contribution is 2.45. The third-order valence-electron chi connectivity index (χ3n) is 5.74. The lowest BCUT2D eigenvalue weighted by molar-refractivity contribution is -0.137.